The number of hydrogen-bond acceptors (Lipinski definition) is 4. The van der Waals surface area contributed by atoms with Crippen molar-refractivity contribution >= 4 is 21.6 Å². The maximum Gasteiger partial charge on any atom is 0.273 e. The van der Waals surface area contributed by atoms with Crippen LogP contribution in [0.3, 0.4) is 0 Å². The highest BCUT2D eigenvalue weighted by Gasteiger charge is 2.16. The molecule has 1 heterocycles. The van der Waals surface area contributed by atoms with E-state index >= 15 is 0 Å². The number of carbonyl (C=O) groups excluding carboxylic acids is 1. The molecule has 0 unspecified atom stereocenters. The normalized spacial score (nSPS) is 11.4. The number of benzene rings is 1. The molecular weight excluding hydrogens is 292 g/mol. The number of aromatic nitrogens is 2. The Hall–Kier alpha value is -2.19. The van der Waals surface area contributed by atoms with Crippen LogP contribution in [0.4, 0.5) is 5.69 Å². The van der Waals surface area contributed by atoms with Crippen LogP contribution in [-0.4, -0.2) is 24.1 Å². The van der Waals surface area contributed by atoms with E-state index in [0.717, 1.165) is 0 Å². The second-order valence-corrected chi connectivity index (χ2v) is 6.33. The number of nitrogens with one attached hydrogen (secondary N) is 1. The quantitative estimate of drug-likeness (QED) is 0.879. The first kappa shape index (κ1) is 15.2. The monoisotopic (exact) mass is 308 g/mol. The van der Waals surface area contributed by atoms with Gasteiger partial charge in [0.05, 0.1) is 4.90 Å². The van der Waals surface area contributed by atoms with Crippen LogP contribution in [0.1, 0.15) is 21.6 Å². The third kappa shape index (κ3) is 3.11. The van der Waals surface area contributed by atoms with Gasteiger partial charge in [-0.25, -0.2) is 13.6 Å². The van der Waals surface area contributed by atoms with Crippen LogP contribution in [0, 0.1) is 13.8 Å². The lowest BCUT2D eigenvalue weighted by Gasteiger charge is -2.13. The molecule has 0 atom stereocenters. The summed E-state index contributed by atoms with van der Waals surface area (Å²) in [6, 6.07) is 4.46. The van der Waals surface area contributed by atoms with Crippen LogP contribution < -0.4 is 10.5 Å². The lowest BCUT2D eigenvalue weighted by molar-refractivity contribution is 0.101. The molecule has 21 heavy (non-hydrogen) atoms. The number of anilines is 1. The smallest absolute Gasteiger partial charge is 0.273 e. The summed E-state index contributed by atoms with van der Waals surface area (Å²) in [6.45, 7) is 3.42. The van der Waals surface area contributed by atoms with Crippen LogP contribution in [0.15, 0.2) is 29.3 Å². The highest BCUT2D eigenvalue weighted by Crippen LogP contribution is 2.24. The lowest BCUT2D eigenvalue weighted by atomic mass is 10.1. The minimum Gasteiger partial charge on any atom is -0.320 e. The molecule has 1 amide bonds. The molecule has 3 N–H and O–H groups in total. The van der Waals surface area contributed by atoms with Gasteiger partial charge in [0.25, 0.3) is 5.91 Å². The summed E-state index contributed by atoms with van der Waals surface area (Å²) in [6.07, 6.45) is 1.53. The topological polar surface area (TPSA) is 107 Å². The van der Waals surface area contributed by atoms with Crippen molar-refractivity contribution in [2.24, 2.45) is 12.2 Å². The molecule has 2 aromatic rings. The van der Waals surface area contributed by atoms with E-state index in [4.69, 9.17) is 5.14 Å². The molecule has 0 saturated heterocycles. The number of sulfonamides is 1. The second-order valence-electron chi connectivity index (χ2n) is 4.77. The Bertz CT molecular complexity index is 786. The molecule has 0 aliphatic carbocycles. The molecule has 0 radical (unpaired) electrons. The van der Waals surface area contributed by atoms with Crippen LogP contribution in [-0.2, 0) is 17.1 Å². The van der Waals surface area contributed by atoms with Gasteiger partial charge in [0.2, 0.25) is 10.0 Å². The number of primary sulfonamides is 1. The van der Waals surface area contributed by atoms with Crippen molar-refractivity contribution in [1.82, 2.24) is 9.78 Å². The molecule has 8 heteroatoms. The number of amides is 1. The van der Waals surface area contributed by atoms with Gasteiger partial charge in [-0.15, -0.1) is 0 Å². The van der Waals surface area contributed by atoms with Crippen molar-refractivity contribution in [2.45, 2.75) is 18.7 Å². The summed E-state index contributed by atoms with van der Waals surface area (Å²) in [5.74, 6) is -0.315. The Morgan fingerprint density at radius 3 is 2.29 bits per heavy atom. The molecule has 112 valence electrons. The zero-order valence-electron chi connectivity index (χ0n) is 11.9. The van der Waals surface area contributed by atoms with Crippen molar-refractivity contribution in [3.8, 4) is 0 Å². The molecule has 0 aliphatic rings. The Labute approximate surface area is 122 Å². The zero-order valence-corrected chi connectivity index (χ0v) is 12.7. The van der Waals surface area contributed by atoms with Crippen molar-refractivity contribution in [3.63, 3.8) is 0 Å². The summed E-state index contributed by atoms with van der Waals surface area (Å²) in [7, 11) is -2.10. The second kappa shape index (κ2) is 5.30. The fourth-order valence-electron chi connectivity index (χ4n) is 2.06. The first-order chi connectivity index (χ1) is 9.70. The molecule has 0 saturated carbocycles. The first-order valence-corrected chi connectivity index (χ1v) is 7.68. The number of nitrogens with two attached hydrogens (primary N) is 1. The lowest BCUT2D eigenvalue weighted by Crippen LogP contribution is -2.18. The van der Waals surface area contributed by atoms with E-state index in [2.05, 4.69) is 10.4 Å². The molecule has 0 fully saturated rings. The Morgan fingerprint density at radius 2 is 1.86 bits per heavy atom. The van der Waals surface area contributed by atoms with E-state index < -0.39 is 10.0 Å². The number of carbonyl (C=O) groups is 1. The summed E-state index contributed by atoms with van der Waals surface area (Å²) < 4.78 is 24.2. The molecular formula is C13H16N4O3S. The van der Waals surface area contributed by atoms with Crippen LogP contribution in [0.25, 0.3) is 0 Å². The number of hydrogen-bond donors (Lipinski definition) is 2. The summed E-state index contributed by atoms with van der Waals surface area (Å²) in [4.78, 5) is 12.2. The zero-order chi connectivity index (χ0) is 15.8. The average molecular weight is 308 g/mol. The third-order valence-electron chi connectivity index (χ3n) is 3.13. The minimum atomic E-state index is -3.77. The molecule has 0 aliphatic heterocycles. The van der Waals surface area contributed by atoms with Crippen molar-refractivity contribution in [3.05, 3.63) is 41.2 Å². The standard InChI is InChI=1S/C13H16N4O3S/c1-8-6-10(21(14,19)20)7-9(2)12(8)16-13(18)11-4-5-15-17(11)3/h4-7H,1-3H3,(H,16,18)(H2,14,19,20). The Morgan fingerprint density at radius 1 is 1.29 bits per heavy atom. The van der Waals surface area contributed by atoms with Gasteiger partial charge in [0.15, 0.2) is 0 Å². The Balaban J connectivity index is 2.38. The van der Waals surface area contributed by atoms with E-state index in [0.29, 0.717) is 22.5 Å². The highest BCUT2D eigenvalue weighted by molar-refractivity contribution is 7.89. The van der Waals surface area contributed by atoms with Crippen LogP contribution in [0.5, 0.6) is 0 Å². The molecule has 2 rings (SSSR count). The molecule has 0 spiro atoms. The van der Waals surface area contributed by atoms with Gasteiger partial charge < -0.3 is 5.32 Å². The third-order valence-corrected chi connectivity index (χ3v) is 4.02. The maximum absolute atomic E-state index is 12.2. The first-order valence-electron chi connectivity index (χ1n) is 6.13. The largest absolute Gasteiger partial charge is 0.320 e. The predicted molar refractivity (Wildman–Crippen MR) is 78.5 cm³/mol. The van der Waals surface area contributed by atoms with Crippen LogP contribution >= 0.6 is 0 Å². The number of aryl methyl sites for hydroxylation is 3. The van der Waals surface area contributed by atoms with Gasteiger partial charge in [-0.05, 0) is 43.2 Å². The van der Waals surface area contributed by atoms with Gasteiger partial charge in [-0.3, -0.25) is 9.48 Å². The summed E-state index contributed by atoms with van der Waals surface area (Å²) in [5.41, 5.74) is 2.21. The van der Waals surface area contributed by atoms with E-state index in [1.165, 1.54) is 23.0 Å². The van der Waals surface area contributed by atoms with Gasteiger partial charge >= 0.3 is 0 Å². The van der Waals surface area contributed by atoms with Gasteiger partial charge in [-0.1, -0.05) is 0 Å². The fourth-order valence-corrected chi connectivity index (χ4v) is 2.74. The average Bonchev–Trinajstić information content (AvgIpc) is 2.78. The Kier molecular flexibility index (Phi) is 3.84. The van der Waals surface area contributed by atoms with E-state index in [9.17, 15) is 13.2 Å². The number of rotatable bonds is 3. The van der Waals surface area contributed by atoms with Gasteiger partial charge in [0.1, 0.15) is 5.69 Å². The van der Waals surface area contributed by atoms with Gasteiger partial charge in [-0.2, -0.15) is 5.10 Å². The fraction of sp³-hybridized carbons (Fsp3) is 0.231. The molecule has 0 bridgehead atoms. The molecule has 7 nitrogen and oxygen atoms in total. The van der Waals surface area contributed by atoms with Crippen molar-refractivity contribution in [2.75, 3.05) is 5.32 Å². The van der Waals surface area contributed by atoms with Crippen molar-refractivity contribution < 1.29 is 13.2 Å². The van der Waals surface area contributed by atoms with E-state index in [-0.39, 0.29) is 10.8 Å². The molecule has 1 aromatic heterocycles. The van der Waals surface area contributed by atoms with E-state index in [1.54, 1.807) is 27.0 Å². The maximum atomic E-state index is 12.2. The minimum absolute atomic E-state index is 0.0241. The SMILES string of the molecule is Cc1cc(S(N)(=O)=O)cc(C)c1NC(=O)c1ccnn1C. The van der Waals surface area contributed by atoms with Gasteiger partial charge in [0, 0.05) is 18.9 Å². The summed E-state index contributed by atoms with van der Waals surface area (Å²) in [5, 5.41) is 11.8. The van der Waals surface area contributed by atoms with Crippen LogP contribution in [0.2, 0.25) is 0 Å². The number of nitrogens with zero attached hydrogens (tertiary/aromatic N) is 2. The predicted octanol–water partition coefficient (Wildman–Crippen LogP) is 0.937. The van der Waals surface area contributed by atoms with Crippen molar-refractivity contribution in [1.29, 1.82) is 0 Å². The molecule has 1 aromatic carbocycles. The highest BCUT2D eigenvalue weighted by atomic mass is 32.2. The summed E-state index contributed by atoms with van der Waals surface area (Å²) >= 11 is 0. The van der Waals surface area contributed by atoms with E-state index in [1.807, 2.05) is 0 Å².